The minimum absolute atomic E-state index is 0.192. The van der Waals surface area contributed by atoms with Gasteiger partial charge in [0.1, 0.15) is 18.7 Å². The van der Waals surface area contributed by atoms with E-state index < -0.39 is 5.97 Å². The first kappa shape index (κ1) is 22.1. The quantitative estimate of drug-likeness (QED) is 0.270. The molecule has 0 aliphatic carbocycles. The number of carbonyl (C=O) groups excluding carboxylic acids is 1. The number of rotatable bonds is 9. The van der Waals surface area contributed by atoms with Crippen LogP contribution in [0.1, 0.15) is 30.6 Å². The van der Waals surface area contributed by atoms with Crippen molar-refractivity contribution in [3.05, 3.63) is 47.6 Å². The summed E-state index contributed by atoms with van der Waals surface area (Å²) in [6.45, 7) is 4.96. The summed E-state index contributed by atoms with van der Waals surface area (Å²) in [7, 11) is 0. The number of benzene rings is 1. The number of ether oxygens (including phenoxy) is 2. The molecular formula is C21H21ClN6O3S. The highest BCUT2D eigenvalue weighted by Crippen LogP contribution is 2.32. The lowest BCUT2D eigenvalue weighted by Crippen LogP contribution is -2.05. The van der Waals surface area contributed by atoms with Crippen LogP contribution in [0.2, 0.25) is 5.28 Å². The largest absolute Gasteiger partial charge is 0.462 e. The molecule has 3 aromatic heterocycles. The molecule has 0 unspecified atom stereocenters. The molecule has 0 aliphatic rings. The molecule has 0 aliphatic heterocycles. The number of esters is 1. The summed E-state index contributed by atoms with van der Waals surface area (Å²) in [6.07, 6.45) is 4.08. The van der Waals surface area contributed by atoms with Gasteiger partial charge in [0, 0.05) is 35.6 Å². The Labute approximate surface area is 193 Å². The van der Waals surface area contributed by atoms with E-state index in [9.17, 15) is 4.79 Å². The van der Waals surface area contributed by atoms with Crippen molar-refractivity contribution in [2.75, 3.05) is 18.5 Å². The molecule has 9 nitrogen and oxygen atoms in total. The Morgan fingerprint density at radius 1 is 1.28 bits per heavy atom. The molecule has 0 radical (unpaired) electrons. The third kappa shape index (κ3) is 4.72. The standard InChI is InChI=1S/C21H21ClN6O3S/c1-3-8-30-12-28-10-15(19(29)31-4-2)16-17(23-11-24-18(16)28)13-6-5-7-14(9-13)25-21-26-20(22)27-32-21/h5-7,9-11H,3-4,8,12H2,1-2H3,(H,25,26,27). The van der Waals surface area contributed by atoms with Crippen molar-refractivity contribution in [3.8, 4) is 11.3 Å². The van der Waals surface area contributed by atoms with Gasteiger partial charge in [-0.25, -0.2) is 14.8 Å². The monoisotopic (exact) mass is 472 g/mol. The Kier molecular flexibility index (Phi) is 6.93. The maximum atomic E-state index is 12.7. The lowest BCUT2D eigenvalue weighted by molar-refractivity contribution is 0.0526. The van der Waals surface area contributed by atoms with Crippen LogP contribution in [0.5, 0.6) is 0 Å². The van der Waals surface area contributed by atoms with Crippen molar-refractivity contribution in [2.45, 2.75) is 27.0 Å². The van der Waals surface area contributed by atoms with Crippen LogP contribution in [-0.4, -0.2) is 43.1 Å². The molecule has 0 amide bonds. The fourth-order valence-corrected chi connectivity index (χ4v) is 3.97. The van der Waals surface area contributed by atoms with Crippen molar-refractivity contribution in [1.29, 1.82) is 0 Å². The zero-order valence-electron chi connectivity index (χ0n) is 17.5. The van der Waals surface area contributed by atoms with Crippen molar-refractivity contribution >= 4 is 51.0 Å². The molecule has 0 saturated carbocycles. The molecule has 4 aromatic rings. The first-order chi connectivity index (χ1) is 15.6. The van der Waals surface area contributed by atoms with Crippen LogP contribution in [0.3, 0.4) is 0 Å². The highest BCUT2D eigenvalue weighted by atomic mass is 35.5. The van der Waals surface area contributed by atoms with Gasteiger partial charge in [0.25, 0.3) is 0 Å². The Morgan fingerprint density at radius 2 is 2.16 bits per heavy atom. The van der Waals surface area contributed by atoms with E-state index in [1.165, 1.54) is 6.33 Å². The van der Waals surface area contributed by atoms with Gasteiger partial charge in [0.2, 0.25) is 10.4 Å². The van der Waals surface area contributed by atoms with Crippen LogP contribution in [0.25, 0.3) is 22.3 Å². The number of hydrogen-bond donors (Lipinski definition) is 1. The minimum atomic E-state index is -0.430. The van der Waals surface area contributed by atoms with Crippen molar-refractivity contribution in [1.82, 2.24) is 23.9 Å². The van der Waals surface area contributed by atoms with E-state index >= 15 is 0 Å². The summed E-state index contributed by atoms with van der Waals surface area (Å²) in [5, 5.41) is 4.56. The van der Waals surface area contributed by atoms with E-state index in [1.807, 2.05) is 31.2 Å². The molecule has 3 heterocycles. The molecule has 1 N–H and O–H groups in total. The minimum Gasteiger partial charge on any atom is -0.462 e. The highest BCUT2D eigenvalue weighted by Gasteiger charge is 2.22. The maximum Gasteiger partial charge on any atom is 0.340 e. The van der Waals surface area contributed by atoms with Crippen molar-refractivity contribution in [3.63, 3.8) is 0 Å². The number of aromatic nitrogens is 5. The molecule has 0 atom stereocenters. The van der Waals surface area contributed by atoms with Crippen LogP contribution in [0, 0.1) is 0 Å². The molecule has 11 heteroatoms. The zero-order chi connectivity index (χ0) is 22.5. The second-order valence-corrected chi connectivity index (χ2v) is 7.86. The number of halogens is 1. The molecule has 0 saturated heterocycles. The topological polar surface area (TPSA) is 104 Å². The van der Waals surface area contributed by atoms with Gasteiger partial charge < -0.3 is 19.4 Å². The second kappa shape index (κ2) is 10.0. The third-order valence-electron chi connectivity index (χ3n) is 4.52. The van der Waals surface area contributed by atoms with E-state index in [1.54, 1.807) is 17.7 Å². The van der Waals surface area contributed by atoms with Crippen LogP contribution < -0.4 is 5.32 Å². The van der Waals surface area contributed by atoms with Crippen LogP contribution >= 0.6 is 23.1 Å². The van der Waals surface area contributed by atoms with Crippen LogP contribution in [0.4, 0.5) is 10.8 Å². The molecule has 166 valence electrons. The van der Waals surface area contributed by atoms with Crippen molar-refractivity contribution in [2.24, 2.45) is 0 Å². The van der Waals surface area contributed by atoms with Crippen LogP contribution in [-0.2, 0) is 16.2 Å². The first-order valence-corrected chi connectivity index (χ1v) is 11.2. The predicted molar refractivity (Wildman–Crippen MR) is 123 cm³/mol. The highest BCUT2D eigenvalue weighted by molar-refractivity contribution is 7.10. The van der Waals surface area contributed by atoms with Gasteiger partial charge in [-0.1, -0.05) is 19.1 Å². The SMILES string of the molecule is CCCOCn1cc(C(=O)OCC)c2c(-c3cccc(Nc4nc(Cl)ns4)c3)ncnc21. The summed E-state index contributed by atoms with van der Waals surface area (Å²) in [6, 6.07) is 7.61. The number of hydrogen-bond acceptors (Lipinski definition) is 9. The summed E-state index contributed by atoms with van der Waals surface area (Å²) in [4.78, 5) is 25.8. The molecule has 4 rings (SSSR count). The summed E-state index contributed by atoms with van der Waals surface area (Å²) in [5.41, 5.74) is 3.20. The lowest BCUT2D eigenvalue weighted by atomic mass is 10.1. The van der Waals surface area contributed by atoms with Gasteiger partial charge in [-0.15, -0.1) is 0 Å². The second-order valence-electron chi connectivity index (χ2n) is 6.77. The van der Waals surface area contributed by atoms with Gasteiger partial charge in [-0.3, -0.25) is 0 Å². The Bertz CT molecular complexity index is 1240. The molecule has 0 bridgehead atoms. The maximum absolute atomic E-state index is 12.7. The van der Waals surface area contributed by atoms with Gasteiger partial charge in [0.15, 0.2) is 0 Å². The van der Waals surface area contributed by atoms with E-state index in [2.05, 4.69) is 24.6 Å². The lowest BCUT2D eigenvalue weighted by Gasteiger charge is -2.08. The number of nitrogens with one attached hydrogen (secondary N) is 1. The molecular weight excluding hydrogens is 452 g/mol. The van der Waals surface area contributed by atoms with E-state index in [-0.39, 0.29) is 18.6 Å². The fourth-order valence-electron chi connectivity index (χ4n) is 3.24. The van der Waals surface area contributed by atoms with Crippen LogP contribution in [0.15, 0.2) is 36.8 Å². The first-order valence-electron chi connectivity index (χ1n) is 10.1. The van der Waals surface area contributed by atoms with Gasteiger partial charge >= 0.3 is 5.97 Å². The van der Waals surface area contributed by atoms with Gasteiger partial charge in [-0.05, 0) is 37.1 Å². The molecule has 0 spiro atoms. The summed E-state index contributed by atoms with van der Waals surface area (Å²) >= 11 is 6.98. The normalized spacial score (nSPS) is 11.1. The fraction of sp³-hybridized carbons (Fsp3) is 0.286. The van der Waals surface area contributed by atoms with Gasteiger partial charge in [-0.2, -0.15) is 9.36 Å². The number of fused-ring (bicyclic) bond motifs is 1. The third-order valence-corrected chi connectivity index (χ3v) is 5.42. The summed E-state index contributed by atoms with van der Waals surface area (Å²) in [5.74, 6) is -0.430. The van der Waals surface area contributed by atoms with E-state index in [0.29, 0.717) is 34.0 Å². The summed E-state index contributed by atoms with van der Waals surface area (Å²) < 4.78 is 16.7. The molecule has 32 heavy (non-hydrogen) atoms. The number of anilines is 2. The Hall–Kier alpha value is -3.08. The zero-order valence-corrected chi connectivity index (χ0v) is 19.1. The molecule has 1 aromatic carbocycles. The number of nitrogens with zero attached hydrogens (tertiary/aromatic N) is 5. The average molecular weight is 473 g/mol. The number of carbonyl (C=O) groups is 1. The van der Waals surface area contributed by atoms with Gasteiger partial charge in [0.05, 0.1) is 23.3 Å². The van der Waals surface area contributed by atoms with E-state index in [4.69, 9.17) is 21.1 Å². The average Bonchev–Trinajstić information content (AvgIpc) is 3.37. The predicted octanol–water partition coefficient (Wildman–Crippen LogP) is 4.91. The Balaban J connectivity index is 1.78. The smallest absolute Gasteiger partial charge is 0.340 e. The Morgan fingerprint density at radius 3 is 2.91 bits per heavy atom. The van der Waals surface area contributed by atoms with Crippen molar-refractivity contribution < 1.29 is 14.3 Å². The molecule has 0 fully saturated rings. The van der Waals surface area contributed by atoms with E-state index in [0.717, 1.165) is 29.2 Å².